The molecule has 0 unspecified atom stereocenters. The minimum atomic E-state index is 0.636. The summed E-state index contributed by atoms with van der Waals surface area (Å²) in [5, 5.41) is 0. The Morgan fingerprint density at radius 3 is 2.16 bits per heavy atom. The van der Waals surface area contributed by atoms with Gasteiger partial charge in [0.25, 0.3) is 0 Å². The Hall–Kier alpha value is -1.26. The first kappa shape index (κ1) is 14.2. The summed E-state index contributed by atoms with van der Waals surface area (Å²) >= 11 is 3.44. The van der Waals surface area contributed by atoms with Crippen molar-refractivity contribution in [3.05, 3.63) is 57.1 Å². The first-order chi connectivity index (χ1) is 9.10. The molecule has 0 aliphatic heterocycles. The van der Waals surface area contributed by atoms with Gasteiger partial charge >= 0.3 is 0 Å². The monoisotopic (exact) mass is 319 g/mol. The fourth-order valence-electron chi connectivity index (χ4n) is 2.18. The van der Waals surface area contributed by atoms with Gasteiger partial charge in [-0.3, -0.25) is 0 Å². The lowest BCUT2D eigenvalue weighted by atomic mass is 10.1. The predicted octanol–water partition coefficient (Wildman–Crippen LogP) is 2.95. The SMILES string of the molecule is Cc1nc(Cc2ccc(Br)cc2)nc(C)c1CCN. The Morgan fingerprint density at radius 1 is 1.05 bits per heavy atom. The molecule has 2 N–H and O–H groups in total. The van der Waals surface area contributed by atoms with Crippen molar-refractivity contribution in [1.29, 1.82) is 0 Å². The quantitative estimate of drug-likeness (QED) is 0.942. The van der Waals surface area contributed by atoms with Gasteiger partial charge in [0.05, 0.1) is 0 Å². The molecule has 0 spiro atoms. The Labute approximate surface area is 122 Å². The molecule has 0 radical (unpaired) electrons. The largest absolute Gasteiger partial charge is 0.330 e. The van der Waals surface area contributed by atoms with Gasteiger partial charge in [-0.15, -0.1) is 0 Å². The van der Waals surface area contributed by atoms with Crippen LogP contribution in [0.3, 0.4) is 0 Å². The fourth-order valence-corrected chi connectivity index (χ4v) is 2.44. The predicted molar refractivity (Wildman–Crippen MR) is 81.2 cm³/mol. The van der Waals surface area contributed by atoms with Gasteiger partial charge in [0, 0.05) is 22.3 Å². The van der Waals surface area contributed by atoms with E-state index < -0.39 is 0 Å². The molecule has 0 aliphatic carbocycles. The number of hydrogen-bond donors (Lipinski definition) is 1. The highest BCUT2D eigenvalue weighted by Gasteiger charge is 2.08. The van der Waals surface area contributed by atoms with Gasteiger partial charge in [0.15, 0.2) is 0 Å². The van der Waals surface area contributed by atoms with E-state index in [4.69, 9.17) is 5.73 Å². The van der Waals surface area contributed by atoms with Gasteiger partial charge in [-0.25, -0.2) is 9.97 Å². The van der Waals surface area contributed by atoms with Crippen LogP contribution in [0.2, 0.25) is 0 Å². The maximum atomic E-state index is 5.61. The molecule has 1 aromatic heterocycles. The summed E-state index contributed by atoms with van der Waals surface area (Å²) in [5.74, 6) is 0.873. The molecule has 1 heterocycles. The number of halogens is 1. The van der Waals surface area contributed by atoms with Gasteiger partial charge in [-0.05, 0) is 50.1 Å². The standard InChI is InChI=1S/C15H18BrN3/c1-10-14(7-8-17)11(2)19-15(18-10)9-12-3-5-13(16)6-4-12/h3-6H,7-9,17H2,1-2H3. The molecule has 0 bridgehead atoms. The van der Waals surface area contributed by atoms with Crippen LogP contribution in [0, 0.1) is 13.8 Å². The average molecular weight is 320 g/mol. The van der Waals surface area contributed by atoms with E-state index in [1.54, 1.807) is 0 Å². The molecule has 3 nitrogen and oxygen atoms in total. The second-order valence-electron chi connectivity index (χ2n) is 4.63. The number of nitrogens with zero attached hydrogens (tertiary/aromatic N) is 2. The van der Waals surface area contributed by atoms with Crippen LogP contribution >= 0.6 is 15.9 Å². The molecule has 4 heteroatoms. The molecule has 0 saturated carbocycles. The highest BCUT2D eigenvalue weighted by molar-refractivity contribution is 9.10. The lowest BCUT2D eigenvalue weighted by molar-refractivity contribution is 0.851. The second kappa shape index (κ2) is 6.26. The average Bonchev–Trinajstić information content (AvgIpc) is 2.37. The summed E-state index contributed by atoms with van der Waals surface area (Å²) in [7, 11) is 0. The van der Waals surface area contributed by atoms with E-state index in [1.807, 2.05) is 26.0 Å². The number of nitrogens with two attached hydrogens (primary N) is 1. The third kappa shape index (κ3) is 3.61. The number of rotatable bonds is 4. The maximum Gasteiger partial charge on any atom is 0.133 e. The minimum absolute atomic E-state index is 0.636. The minimum Gasteiger partial charge on any atom is -0.330 e. The van der Waals surface area contributed by atoms with Crippen molar-refractivity contribution in [3.63, 3.8) is 0 Å². The van der Waals surface area contributed by atoms with Crippen LogP contribution < -0.4 is 5.73 Å². The molecule has 2 rings (SSSR count). The van der Waals surface area contributed by atoms with Gasteiger partial charge in [-0.1, -0.05) is 28.1 Å². The van der Waals surface area contributed by atoms with Crippen LogP contribution in [0.15, 0.2) is 28.7 Å². The number of aromatic nitrogens is 2. The van der Waals surface area contributed by atoms with Crippen LogP contribution in [-0.4, -0.2) is 16.5 Å². The Balaban J connectivity index is 2.24. The van der Waals surface area contributed by atoms with Crippen molar-refractivity contribution < 1.29 is 0 Å². The molecule has 0 saturated heterocycles. The zero-order valence-electron chi connectivity index (χ0n) is 11.3. The molecular weight excluding hydrogens is 302 g/mol. The first-order valence-corrected chi connectivity index (χ1v) is 7.17. The van der Waals surface area contributed by atoms with Gasteiger partial charge in [0.2, 0.25) is 0 Å². The summed E-state index contributed by atoms with van der Waals surface area (Å²) in [6.07, 6.45) is 1.61. The molecule has 0 atom stereocenters. The number of benzene rings is 1. The van der Waals surface area contributed by atoms with Crippen molar-refractivity contribution >= 4 is 15.9 Å². The zero-order chi connectivity index (χ0) is 13.8. The Morgan fingerprint density at radius 2 is 1.63 bits per heavy atom. The normalized spacial score (nSPS) is 10.7. The van der Waals surface area contributed by atoms with E-state index >= 15 is 0 Å². The third-order valence-corrected chi connectivity index (χ3v) is 3.67. The summed E-state index contributed by atoms with van der Waals surface area (Å²) in [4.78, 5) is 9.18. The summed E-state index contributed by atoms with van der Waals surface area (Å²) in [6, 6.07) is 8.26. The second-order valence-corrected chi connectivity index (χ2v) is 5.55. The topological polar surface area (TPSA) is 51.8 Å². The lowest BCUT2D eigenvalue weighted by Crippen LogP contribution is -2.10. The summed E-state index contributed by atoms with van der Waals surface area (Å²) < 4.78 is 1.09. The summed E-state index contributed by atoms with van der Waals surface area (Å²) in [5.41, 5.74) is 10.1. The molecule has 0 fully saturated rings. The molecule has 1 aromatic carbocycles. The van der Waals surface area contributed by atoms with E-state index in [0.29, 0.717) is 6.54 Å². The van der Waals surface area contributed by atoms with E-state index in [1.165, 1.54) is 11.1 Å². The number of aryl methyl sites for hydroxylation is 2. The van der Waals surface area contributed by atoms with Crippen LogP contribution in [-0.2, 0) is 12.8 Å². The van der Waals surface area contributed by atoms with E-state index in [-0.39, 0.29) is 0 Å². The van der Waals surface area contributed by atoms with Crippen molar-refractivity contribution in [1.82, 2.24) is 9.97 Å². The highest BCUT2D eigenvalue weighted by Crippen LogP contribution is 2.15. The number of hydrogen-bond acceptors (Lipinski definition) is 3. The highest BCUT2D eigenvalue weighted by atomic mass is 79.9. The smallest absolute Gasteiger partial charge is 0.133 e. The van der Waals surface area contributed by atoms with Crippen LogP contribution in [0.4, 0.5) is 0 Å². The van der Waals surface area contributed by atoms with E-state index in [9.17, 15) is 0 Å². The molecule has 100 valence electrons. The van der Waals surface area contributed by atoms with Gasteiger partial charge in [0.1, 0.15) is 5.82 Å². The van der Waals surface area contributed by atoms with Crippen LogP contribution in [0.25, 0.3) is 0 Å². The van der Waals surface area contributed by atoms with E-state index in [0.717, 1.165) is 34.5 Å². The van der Waals surface area contributed by atoms with Crippen molar-refractivity contribution in [2.24, 2.45) is 5.73 Å². The van der Waals surface area contributed by atoms with Gasteiger partial charge < -0.3 is 5.73 Å². The molecule has 19 heavy (non-hydrogen) atoms. The van der Waals surface area contributed by atoms with Crippen LogP contribution in [0.5, 0.6) is 0 Å². The fraction of sp³-hybridized carbons (Fsp3) is 0.333. The summed E-state index contributed by atoms with van der Waals surface area (Å²) in [6.45, 7) is 4.70. The van der Waals surface area contributed by atoms with E-state index in [2.05, 4.69) is 38.0 Å². The molecule has 2 aromatic rings. The Bertz CT molecular complexity index is 541. The maximum absolute atomic E-state index is 5.61. The Kier molecular flexibility index (Phi) is 4.66. The van der Waals surface area contributed by atoms with Crippen LogP contribution in [0.1, 0.15) is 28.3 Å². The first-order valence-electron chi connectivity index (χ1n) is 6.37. The van der Waals surface area contributed by atoms with Crippen molar-refractivity contribution in [2.45, 2.75) is 26.7 Å². The zero-order valence-corrected chi connectivity index (χ0v) is 12.9. The molecular formula is C15H18BrN3. The molecule has 0 aliphatic rings. The van der Waals surface area contributed by atoms with Crippen molar-refractivity contribution in [2.75, 3.05) is 6.54 Å². The lowest BCUT2D eigenvalue weighted by Gasteiger charge is -2.10. The molecule has 0 amide bonds. The third-order valence-electron chi connectivity index (χ3n) is 3.14. The van der Waals surface area contributed by atoms with Gasteiger partial charge in [-0.2, -0.15) is 0 Å². The van der Waals surface area contributed by atoms with Crippen molar-refractivity contribution in [3.8, 4) is 0 Å².